The summed E-state index contributed by atoms with van der Waals surface area (Å²) in [6.45, 7) is 5.34. The van der Waals surface area contributed by atoms with Crippen LogP contribution in [0.1, 0.15) is 19.4 Å². The van der Waals surface area contributed by atoms with Gasteiger partial charge in [-0.1, -0.05) is 6.07 Å². The summed E-state index contributed by atoms with van der Waals surface area (Å²) in [5.74, 6) is -0.911. The highest BCUT2D eigenvalue weighted by atomic mass is 19.1. The molecule has 0 aliphatic heterocycles. The second-order valence-corrected chi connectivity index (χ2v) is 3.45. The summed E-state index contributed by atoms with van der Waals surface area (Å²) < 4.78 is 23.3. The van der Waals surface area contributed by atoms with E-state index in [1.54, 1.807) is 19.1 Å². The Bertz CT molecular complexity index is 377. The fourth-order valence-corrected chi connectivity index (χ4v) is 1.20. The van der Waals surface area contributed by atoms with Gasteiger partial charge in [0.2, 0.25) is 0 Å². The van der Waals surface area contributed by atoms with Gasteiger partial charge in [-0.05, 0) is 38.5 Å². The molecule has 0 saturated heterocycles. The van der Waals surface area contributed by atoms with Crippen molar-refractivity contribution in [1.82, 2.24) is 0 Å². The van der Waals surface area contributed by atoms with Gasteiger partial charge < -0.3 is 9.47 Å². The summed E-state index contributed by atoms with van der Waals surface area (Å²) in [5.41, 5.74) is 0.868. The Morgan fingerprint density at radius 3 is 2.81 bits per heavy atom. The number of rotatable bonds is 4. The van der Waals surface area contributed by atoms with E-state index in [0.717, 1.165) is 5.56 Å². The number of hydrogen-bond donors (Lipinski definition) is 0. The molecule has 0 saturated carbocycles. The first kappa shape index (κ1) is 12.5. The molecule has 4 heteroatoms. The molecule has 1 aromatic rings. The molecule has 0 radical (unpaired) electrons. The molecule has 0 heterocycles. The van der Waals surface area contributed by atoms with E-state index in [-0.39, 0.29) is 12.4 Å². The number of hydrogen-bond acceptors (Lipinski definition) is 3. The molecule has 1 rings (SSSR count). The number of esters is 1. The zero-order chi connectivity index (χ0) is 12.1. The summed E-state index contributed by atoms with van der Waals surface area (Å²) in [7, 11) is 0. The lowest BCUT2D eigenvalue weighted by Crippen LogP contribution is -2.26. The van der Waals surface area contributed by atoms with Crippen molar-refractivity contribution in [1.29, 1.82) is 0 Å². The van der Waals surface area contributed by atoms with Crippen molar-refractivity contribution < 1.29 is 18.7 Å². The fraction of sp³-hybridized carbons (Fsp3) is 0.417. The van der Waals surface area contributed by atoms with E-state index < -0.39 is 17.9 Å². The SMILES string of the molecule is CCOC(=O)C(C)Oc1cc(C)ccc1F. The topological polar surface area (TPSA) is 35.5 Å². The van der Waals surface area contributed by atoms with Crippen LogP contribution in [0.15, 0.2) is 18.2 Å². The van der Waals surface area contributed by atoms with Gasteiger partial charge in [0.25, 0.3) is 0 Å². The maximum absolute atomic E-state index is 13.3. The van der Waals surface area contributed by atoms with Crippen molar-refractivity contribution >= 4 is 5.97 Å². The summed E-state index contributed by atoms with van der Waals surface area (Å²) in [5, 5.41) is 0. The third kappa shape index (κ3) is 3.22. The van der Waals surface area contributed by atoms with Crippen LogP contribution in [0.25, 0.3) is 0 Å². The molecule has 1 atom stereocenters. The predicted molar refractivity (Wildman–Crippen MR) is 57.9 cm³/mol. The average molecular weight is 226 g/mol. The molecule has 0 amide bonds. The second kappa shape index (κ2) is 5.49. The molecule has 1 unspecified atom stereocenters. The molecular weight excluding hydrogens is 211 g/mol. The lowest BCUT2D eigenvalue weighted by molar-refractivity contribution is -0.150. The molecule has 0 N–H and O–H groups in total. The van der Waals surface area contributed by atoms with E-state index in [0.29, 0.717) is 0 Å². The van der Waals surface area contributed by atoms with Crippen molar-refractivity contribution in [3.05, 3.63) is 29.6 Å². The number of benzene rings is 1. The predicted octanol–water partition coefficient (Wildman–Crippen LogP) is 2.46. The Balaban J connectivity index is 2.72. The van der Waals surface area contributed by atoms with Crippen molar-refractivity contribution in [3.8, 4) is 5.75 Å². The van der Waals surface area contributed by atoms with Crippen LogP contribution in [0.3, 0.4) is 0 Å². The van der Waals surface area contributed by atoms with E-state index >= 15 is 0 Å². The van der Waals surface area contributed by atoms with Gasteiger partial charge in [0, 0.05) is 0 Å². The highest BCUT2D eigenvalue weighted by molar-refractivity contribution is 5.74. The maximum atomic E-state index is 13.3. The van der Waals surface area contributed by atoms with Gasteiger partial charge in [0.05, 0.1) is 6.61 Å². The normalized spacial score (nSPS) is 12.0. The first-order chi connectivity index (χ1) is 7.54. The van der Waals surface area contributed by atoms with E-state index in [4.69, 9.17) is 9.47 Å². The lowest BCUT2D eigenvalue weighted by Gasteiger charge is -2.14. The zero-order valence-electron chi connectivity index (χ0n) is 9.62. The van der Waals surface area contributed by atoms with Gasteiger partial charge in [-0.15, -0.1) is 0 Å². The minimum Gasteiger partial charge on any atom is -0.476 e. The molecule has 16 heavy (non-hydrogen) atoms. The fourth-order valence-electron chi connectivity index (χ4n) is 1.20. The van der Waals surface area contributed by atoms with Gasteiger partial charge in [0.1, 0.15) is 0 Å². The van der Waals surface area contributed by atoms with Gasteiger partial charge in [0.15, 0.2) is 17.7 Å². The maximum Gasteiger partial charge on any atom is 0.347 e. The Kier molecular flexibility index (Phi) is 4.28. The van der Waals surface area contributed by atoms with Crippen LogP contribution in [0.2, 0.25) is 0 Å². The van der Waals surface area contributed by atoms with Crippen molar-refractivity contribution in [3.63, 3.8) is 0 Å². The summed E-state index contributed by atoms with van der Waals surface area (Å²) in [4.78, 5) is 11.3. The number of ether oxygens (including phenoxy) is 2. The highest BCUT2D eigenvalue weighted by Gasteiger charge is 2.17. The summed E-state index contributed by atoms with van der Waals surface area (Å²) in [6.07, 6.45) is -0.809. The molecule has 3 nitrogen and oxygen atoms in total. The van der Waals surface area contributed by atoms with Crippen LogP contribution in [-0.2, 0) is 9.53 Å². The minimum absolute atomic E-state index is 0.0700. The second-order valence-electron chi connectivity index (χ2n) is 3.45. The molecule has 0 bridgehead atoms. The number of aryl methyl sites for hydroxylation is 1. The van der Waals surface area contributed by atoms with Gasteiger partial charge in [-0.3, -0.25) is 0 Å². The van der Waals surface area contributed by atoms with E-state index in [9.17, 15) is 9.18 Å². The number of carbonyl (C=O) groups is 1. The van der Waals surface area contributed by atoms with Crippen LogP contribution < -0.4 is 4.74 Å². The molecular formula is C12H15FO3. The standard InChI is InChI=1S/C12H15FO3/c1-4-15-12(14)9(3)16-11-7-8(2)5-6-10(11)13/h5-7,9H,4H2,1-3H3. The first-order valence-electron chi connectivity index (χ1n) is 5.14. The summed E-state index contributed by atoms with van der Waals surface area (Å²) in [6, 6.07) is 4.49. The first-order valence-corrected chi connectivity index (χ1v) is 5.14. The van der Waals surface area contributed by atoms with E-state index in [1.165, 1.54) is 13.0 Å². The molecule has 0 aliphatic rings. The van der Waals surface area contributed by atoms with Gasteiger partial charge in [-0.2, -0.15) is 0 Å². The third-order valence-electron chi connectivity index (χ3n) is 2.01. The Morgan fingerprint density at radius 2 is 2.19 bits per heavy atom. The molecule has 1 aromatic carbocycles. The van der Waals surface area contributed by atoms with Crippen LogP contribution >= 0.6 is 0 Å². The van der Waals surface area contributed by atoms with Crippen molar-refractivity contribution in [2.75, 3.05) is 6.61 Å². The largest absolute Gasteiger partial charge is 0.476 e. The van der Waals surface area contributed by atoms with Crippen LogP contribution in [0.5, 0.6) is 5.75 Å². The average Bonchev–Trinajstić information content (AvgIpc) is 2.23. The lowest BCUT2D eigenvalue weighted by atomic mass is 10.2. The Hall–Kier alpha value is -1.58. The molecule has 0 aromatic heterocycles. The number of carbonyl (C=O) groups excluding carboxylic acids is 1. The smallest absolute Gasteiger partial charge is 0.347 e. The Morgan fingerprint density at radius 1 is 1.50 bits per heavy atom. The quantitative estimate of drug-likeness (QED) is 0.740. The van der Waals surface area contributed by atoms with Gasteiger partial charge in [-0.25, -0.2) is 9.18 Å². The van der Waals surface area contributed by atoms with Crippen LogP contribution in [0, 0.1) is 12.7 Å². The molecule has 0 aliphatic carbocycles. The van der Waals surface area contributed by atoms with Crippen LogP contribution in [0.4, 0.5) is 4.39 Å². The van der Waals surface area contributed by atoms with Crippen molar-refractivity contribution in [2.24, 2.45) is 0 Å². The van der Waals surface area contributed by atoms with E-state index in [2.05, 4.69) is 0 Å². The monoisotopic (exact) mass is 226 g/mol. The third-order valence-corrected chi connectivity index (χ3v) is 2.01. The summed E-state index contributed by atoms with van der Waals surface area (Å²) >= 11 is 0. The number of halogens is 1. The molecule has 0 fully saturated rings. The molecule has 88 valence electrons. The van der Waals surface area contributed by atoms with E-state index in [1.807, 2.05) is 6.92 Å². The zero-order valence-corrected chi connectivity index (χ0v) is 9.62. The van der Waals surface area contributed by atoms with Gasteiger partial charge >= 0.3 is 5.97 Å². The highest BCUT2D eigenvalue weighted by Crippen LogP contribution is 2.19. The Labute approximate surface area is 94.2 Å². The minimum atomic E-state index is -0.809. The molecule has 0 spiro atoms. The van der Waals surface area contributed by atoms with Crippen molar-refractivity contribution in [2.45, 2.75) is 26.9 Å². The van der Waals surface area contributed by atoms with Crippen LogP contribution in [-0.4, -0.2) is 18.7 Å².